The van der Waals surface area contributed by atoms with Crippen LogP contribution in [0.25, 0.3) is 0 Å². The quantitative estimate of drug-likeness (QED) is 0.517. The molecule has 0 saturated carbocycles. The molecule has 0 aliphatic heterocycles. The molecule has 2 amide bonds. The fraction of sp³-hybridized carbons (Fsp3) is 0.167. The lowest BCUT2D eigenvalue weighted by molar-refractivity contribution is -0.123. The minimum atomic E-state index is -0.490. The summed E-state index contributed by atoms with van der Waals surface area (Å²) in [6.07, 6.45) is 0. The topological polar surface area (TPSA) is 79.5 Å². The summed E-state index contributed by atoms with van der Waals surface area (Å²) in [4.78, 5) is 23.9. The largest absolute Gasteiger partial charge is 0.484 e. The number of hydrogen-bond acceptors (Lipinski definition) is 4. The summed E-state index contributed by atoms with van der Waals surface area (Å²) in [6, 6.07) is 10.0. The van der Waals surface area contributed by atoms with Crippen molar-refractivity contribution in [3.63, 3.8) is 0 Å². The Balaban J connectivity index is 1.79. The van der Waals surface area contributed by atoms with Gasteiger partial charge in [-0.3, -0.25) is 25.8 Å². The highest BCUT2D eigenvalue weighted by molar-refractivity contribution is 7.80. The summed E-state index contributed by atoms with van der Waals surface area (Å²) in [5, 5.41) is 3.29. The van der Waals surface area contributed by atoms with Gasteiger partial charge in [0.15, 0.2) is 11.7 Å². The lowest BCUT2D eigenvalue weighted by Gasteiger charge is -2.12. The standard InChI is InChI=1S/C18H17Cl2N3O3S/c1-10-7-12(8-11(2)16(10)20)26-9-15(24)22-23-18(27)21-17(25)13-5-3-4-6-14(13)19/h3-8H,9H2,1-2H3,(H,22,24)(H2,21,23,25,27). The minimum Gasteiger partial charge on any atom is -0.484 e. The predicted molar refractivity (Wildman–Crippen MR) is 109 cm³/mol. The molecule has 0 bridgehead atoms. The highest BCUT2D eigenvalue weighted by Crippen LogP contribution is 2.25. The number of ether oxygens (including phenoxy) is 1. The number of nitrogens with one attached hydrogen (secondary N) is 3. The van der Waals surface area contributed by atoms with Gasteiger partial charge in [0.1, 0.15) is 5.75 Å². The zero-order valence-electron chi connectivity index (χ0n) is 14.6. The lowest BCUT2D eigenvalue weighted by atomic mass is 10.1. The van der Waals surface area contributed by atoms with E-state index in [4.69, 9.17) is 40.2 Å². The number of amides is 2. The van der Waals surface area contributed by atoms with Gasteiger partial charge < -0.3 is 4.74 Å². The SMILES string of the molecule is Cc1cc(OCC(=O)NNC(=S)NC(=O)c2ccccc2Cl)cc(C)c1Cl. The van der Waals surface area contributed by atoms with Crippen LogP contribution in [-0.2, 0) is 4.79 Å². The third-order valence-corrected chi connectivity index (χ3v) is 4.57. The predicted octanol–water partition coefficient (Wildman–Crippen LogP) is 3.32. The number of aryl methyl sites for hydroxylation is 2. The van der Waals surface area contributed by atoms with Gasteiger partial charge in [-0.2, -0.15) is 0 Å². The van der Waals surface area contributed by atoms with Crippen LogP contribution in [0.3, 0.4) is 0 Å². The maximum Gasteiger partial charge on any atom is 0.276 e. The van der Waals surface area contributed by atoms with Gasteiger partial charge in [0, 0.05) is 5.02 Å². The lowest BCUT2D eigenvalue weighted by Crippen LogP contribution is -2.49. The Labute approximate surface area is 172 Å². The molecule has 3 N–H and O–H groups in total. The average molecular weight is 426 g/mol. The smallest absolute Gasteiger partial charge is 0.276 e. The maximum absolute atomic E-state index is 12.1. The van der Waals surface area contributed by atoms with Crippen molar-refractivity contribution in [2.75, 3.05) is 6.61 Å². The first-order chi connectivity index (χ1) is 12.8. The van der Waals surface area contributed by atoms with Gasteiger partial charge in [-0.05, 0) is 61.5 Å². The van der Waals surface area contributed by atoms with Gasteiger partial charge in [0.25, 0.3) is 11.8 Å². The molecule has 0 saturated heterocycles. The van der Waals surface area contributed by atoms with Crippen molar-refractivity contribution >= 4 is 52.3 Å². The molecule has 0 heterocycles. The first kappa shape index (κ1) is 21.0. The van der Waals surface area contributed by atoms with Gasteiger partial charge in [-0.1, -0.05) is 35.3 Å². The molecule has 0 aliphatic carbocycles. The van der Waals surface area contributed by atoms with E-state index in [-0.39, 0.29) is 17.3 Å². The zero-order chi connectivity index (χ0) is 20.0. The number of rotatable bonds is 4. The van der Waals surface area contributed by atoms with Crippen molar-refractivity contribution in [1.82, 2.24) is 16.2 Å². The molecule has 27 heavy (non-hydrogen) atoms. The van der Waals surface area contributed by atoms with E-state index in [2.05, 4.69) is 16.2 Å². The van der Waals surface area contributed by atoms with Crippen LogP contribution in [0, 0.1) is 13.8 Å². The van der Waals surface area contributed by atoms with Crippen LogP contribution in [0.1, 0.15) is 21.5 Å². The molecule has 0 atom stereocenters. The van der Waals surface area contributed by atoms with Crippen LogP contribution in [-0.4, -0.2) is 23.5 Å². The Kier molecular flexibility index (Phi) is 7.41. The van der Waals surface area contributed by atoms with Crippen molar-refractivity contribution in [3.05, 3.63) is 63.1 Å². The maximum atomic E-state index is 12.1. The second kappa shape index (κ2) is 9.55. The van der Waals surface area contributed by atoms with Crippen molar-refractivity contribution in [1.29, 1.82) is 0 Å². The molecule has 2 aromatic rings. The van der Waals surface area contributed by atoms with E-state index < -0.39 is 11.8 Å². The molecule has 6 nitrogen and oxygen atoms in total. The zero-order valence-corrected chi connectivity index (χ0v) is 16.9. The van der Waals surface area contributed by atoms with Gasteiger partial charge in [-0.25, -0.2) is 0 Å². The van der Waals surface area contributed by atoms with Crippen LogP contribution >= 0.6 is 35.4 Å². The fourth-order valence-electron chi connectivity index (χ4n) is 2.15. The first-order valence-corrected chi connectivity index (χ1v) is 8.98. The molecule has 2 aromatic carbocycles. The Morgan fingerprint density at radius 1 is 1.07 bits per heavy atom. The van der Waals surface area contributed by atoms with Gasteiger partial charge in [-0.15, -0.1) is 0 Å². The third-order valence-electron chi connectivity index (χ3n) is 3.44. The molecule has 2 rings (SSSR count). The van der Waals surface area contributed by atoms with Crippen LogP contribution in [0.4, 0.5) is 0 Å². The van der Waals surface area contributed by atoms with Gasteiger partial charge >= 0.3 is 0 Å². The summed E-state index contributed by atoms with van der Waals surface area (Å²) in [7, 11) is 0. The van der Waals surface area contributed by atoms with Crippen LogP contribution in [0.15, 0.2) is 36.4 Å². The summed E-state index contributed by atoms with van der Waals surface area (Å²) in [6.45, 7) is 3.46. The average Bonchev–Trinajstić information content (AvgIpc) is 2.62. The Morgan fingerprint density at radius 3 is 2.33 bits per heavy atom. The molecule has 9 heteroatoms. The van der Waals surface area contributed by atoms with Gasteiger partial charge in [0.2, 0.25) is 0 Å². The summed E-state index contributed by atoms with van der Waals surface area (Å²) in [5.74, 6) is -0.440. The molecule has 0 spiro atoms. The fourth-order valence-corrected chi connectivity index (χ4v) is 2.62. The van der Waals surface area contributed by atoms with Gasteiger partial charge in [0.05, 0.1) is 10.6 Å². The van der Waals surface area contributed by atoms with E-state index in [9.17, 15) is 9.59 Å². The minimum absolute atomic E-state index is 0.0774. The normalized spacial score (nSPS) is 10.1. The third kappa shape index (κ3) is 6.09. The monoisotopic (exact) mass is 425 g/mol. The van der Waals surface area contributed by atoms with Crippen LogP contribution in [0.5, 0.6) is 5.75 Å². The molecule has 0 aliphatic rings. The Morgan fingerprint density at radius 2 is 1.70 bits per heavy atom. The van der Waals surface area contributed by atoms with Crippen molar-refractivity contribution in [2.45, 2.75) is 13.8 Å². The Hall–Kier alpha value is -2.35. The summed E-state index contributed by atoms with van der Waals surface area (Å²) < 4.78 is 5.42. The van der Waals surface area contributed by atoms with Crippen molar-refractivity contribution < 1.29 is 14.3 Å². The second-order valence-corrected chi connectivity index (χ2v) is 6.79. The number of carbonyl (C=O) groups is 2. The second-order valence-electron chi connectivity index (χ2n) is 5.60. The van der Waals surface area contributed by atoms with E-state index in [0.717, 1.165) is 11.1 Å². The summed E-state index contributed by atoms with van der Waals surface area (Å²) >= 11 is 17.0. The Bertz CT molecular complexity index is 867. The van der Waals surface area contributed by atoms with Crippen LogP contribution < -0.4 is 20.9 Å². The van der Waals surface area contributed by atoms with E-state index in [1.165, 1.54) is 0 Å². The summed E-state index contributed by atoms with van der Waals surface area (Å²) in [5.41, 5.74) is 6.74. The highest BCUT2D eigenvalue weighted by Gasteiger charge is 2.12. The molecule has 0 fully saturated rings. The first-order valence-electron chi connectivity index (χ1n) is 7.82. The number of hydrazine groups is 1. The van der Waals surface area contributed by atoms with E-state index in [1.54, 1.807) is 36.4 Å². The molecular weight excluding hydrogens is 409 g/mol. The van der Waals surface area contributed by atoms with E-state index in [1.807, 2.05) is 13.8 Å². The molecule has 0 aromatic heterocycles. The number of thiocarbonyl (C=S) groups is 1. The van der Waals surface area contributed by atoms with E-state index in [0.29, 0.717) is 15.8 Å². The number of carbonyl (C=O) groups excluding carboxylic acids is 2. The molecule has 0 unspecified atom stereocenters. The number of halogens is 2. The van der Waals surface area contributed by atoms with Crippen molar-refractivity contribution in [2.24, 2.45) is 0 Å². The van der Waals surface area contributed by atoms with Crippen LogP contribution in [0.2, 0.25) is 10.0 Å². The molecule has 142 valence electrons. The highest BCUT2D eigenvalue weighted by atomic mass is 35.5. The van der Waals surface area contributed by atoms with E-state index >= 15 is 0 Å². The number of benzene rings is 2. The number of hydrogen-bond donors (Lipinski definition) is 3. The van der Waals surface area contributed by atoms with Crippen molar-refractivity contribution in [3.8, 4) is 5.75 Å². The molecular formula is C18H17Cl2N3O3S. The molecule has 0 radical (unpaired) electrons.